The minimum atomic E-state index is 0.511. The van der Waals surface area contributed by atoms with Crippen molar-refractivity contribution in [1.29, 1.82) is 0 Å². The highest BCUT2D eigenvalue weighted by Crippen LogP contribution is 2.15. The Bertz CT molecular complexity index is 641. The average Bonchev–Trinajstić information content (AvgIpc) is 2.56. The monoisotopic (exact) mass is 350 g/mol. The number of benzene rings is 1. The van der Waals surface area contributed by atoms with Crippen molar-refractivity contribution in [3.05, 3.63) is 63.9 Å². The number of nitrogens with zero attached hydrogens (tertiary/aromatic N) is 2. The smallest absolute Gasteiger partial charge is 0.191 e. The number of hydrogen-bond acceptors (Lipinski definition) is 2. The molecule has 1 aromatic heterocycles. The van der Waals surface area contributed by atoms with Gasteiger partial charge in [0.05, 0.1) is 6.54 Å². The van der Waals surface area contributed by atoms with Crippen molar-refractivity contribution in [2.45, 2.75) is 19.9 Å². The molecule has 2 aromatic rings. The summed E-state index contributed by atoms with van der Waals surface area (Å²) in [6.07, 6.45) is 2.64. The van der Waals surface area contributed by atoms with E-state index in [0.29, 0.717) is 11.7 Å². The lowest BCUT2D eigenvalue weighted by Gasteiger charge is -2.11. The topological polar surface area (TPSA) is 49.3 Å². The summed E-state index contributed by atoms with van der Waals surface area (Å²) in [7, 11) is 0. The molecule has 1 aromatic carbocycles. The second kappa shape index (κ2) is 9.38. The van der Waals surface area contributed by atoms with Crippen LogP contribution in [-0.2, 0) is 13.0 Å². The molecule has 0 fully saturated rings. The lowest BCUT2D eigenvalue weighted by Crippen LogP contribution is -2.38. The number of aromatic nitrogens is 1. The number of nitrogens with one attached hydrogen (secondary N) is 2. The number of halogens is 2. The molecule has 0 amide bonds. The van der Waals surface area contributed by atoms with E-state index in [1.807, 2.05) is 37.3 Å². The Morgan fingerprint density at radius 2 is 1.96 bits per heavy atom. The van der Waals surface area contributed by atoms with Crippen molar-refractivity contribution in [3.8, 4) is 0 Å². The normalized spacial score (nSPS) is 11.3. The van der Waals surface area contributed by atoms with Gasteiger partial charge in [0.15, 0.2) is 5.96 Å². The summed E-state index contributed by atoms with van der Waals surface area (Å²) in [5.74, 6) is 0.773. The molecule has 0 unspecified atom stereocenters. The summed E-state index contributed by atoms with van der Waals surface area (Å²) < 4.78 is 0. The maximum atomic E-state index is 6.15. The molecule has 0 radical (unpaired) electrons. The van der Waals surface area contributed by atoms with Gasteiger partial charge in [-0.2, -0.15) is 0 Å². The first-order chi connectivity index (χ1) is 11.2. The quantitative estimate of drug-likeness (QED) is 0.474. The summed E-state index contributed by atoms with van der Waals surface area (Å²) >= 11 is 11.9. The Morgan fingerprint density at radius 1 is 1.13 bits per heavy atom. The van der Waals surface area contributed by atoms with Gasteiger partial charge in [0.25, 0.3) is 0 Å². The molecule has 0 saturated heterocycles. The van der Waals surface area contributed by atoms with Crippen LogP contribution in [0, 0.1) is 0 Å². The van der Waals surface area contributed by atoms with Gasteiger partial charge >= 0.3 is 0 Å². The largest absolute Gasteiger partial charge is 0.357 e. The van der Waals surface area contributed by atoms with Crippen LogP contribution in [0.5, 0.6) is 0 Å². The molecule has 0 saturated carbocycles. The van der Waals surface area contributed by atoms with Crippen LogP contribution in [0.3, 0.4) is 0 Å². The SMILES string of the molecule is CCNC(=NCc1ccccc1Cl)NCCc1ccc(Cl)nc1. The molecule has 2 N–H and O–H groups in total. The van der Waals surface area contributed by atoms with E-state index in [9.17, 15) is 0 Å². The van der Waals surface area contributed by atoms with Crippen LogP contribution in [0.2, 0.25) is 10.2 Å². The molecule has 0 aliphatic rings. The average molecular weight is 351 g/mol. The summed E-state index contributed by atoms with van der Waals surface area (Å²) in [6.45, 7) is 4.14. The Hall–Kier alpha value is -1.78. The minimum Gasteiger partial charge on any atom is -0.357 e. The number of rotatable bonds is 6. The van der Waals surface area contributed by atoms with Gasteiger partial charge < -0.3 is 10.6 Å². The minimum absolute atomic E-state index is 0.511. The lowest BCUT2D eigenvalue weighted by atomic mass is 10.2. The van der Waals surface area contributed by atoms with Gasteiger partial charge in [-0.1, -0.05) is 47.5 Å². The zero-order valence-corrected chi connectivity index (χ0v) is 14.5. The van der Waals surface area contributed by atoms with Crippen LogP contribution < -0.4 is 10.6 Å². The van der Waals surface area contributed by atoms with Crippen LogP contribution in [0.15, 0.2) is 47.6 Å². The Labute approximate surface area is 146 Å². The van der Waals surface area contributed by atoms with E-state index in [1.54, 1.807) is 12.3 Å². The fourth-order valence-corrected chi connectivity index (χ4v) is 2.32. The van der Waals surface area contributed by atoms with Gasteiger partial charge in [0.2, 0.25) is 0 Å². The summed E-state index contributed by atoms with van der Waals surface area (Å²) in [5.41, 5.74) is 2.14. The number of guanidine groups is 1. The molecule has 1 heterocycles. The lowest BCUT2D eigenvalue weighted by molar-refractivity contribution is 0.798. The number of pyridine rings is 1. The summed E-state index contributed by atoms with van der Waals surface area (Å²) in [5, 5.41) is 7.78. The highest BCUT2D eigenvalue weighted by atomic mass is 35.5. The molecule has 122 valence electrons. The molecule has 0 aliphatic carbocycles. The first kappa shape index (κ1) is 17.6. The molecule has 2 rings (SSSR count). The second-order valence-corrected chi connectivity index (χ2v) is 5.75. The molecule has 0 atom stereocenters. The van der Waals surface area contributed by atoms with Crippen LogP contribution in [-0.4, -0.2) is 24.0 Å². The van der Waals surface area contributed by atoms with Gasteiger partial charge in [0.1, 0.15) is 5.15 Å². The second-order valence-electron chi connectivity index (χ2n) is 4.95. The molecule has 0 bridgehead atoms. The highest BCUT2D eigenvalue weighted by Gasteiger charge is 2.01. The van der Waals surface area contributed by atoms with Crippen LogP contribution in [0.4, 0.5) is 0 Å². The third kappa shape index (κ3) is 6.08. The van der Waals surface area contributed by atoms with E-state index < -0.39 is 0 Å². The maximum absolute atomic E-state index is 6.15. The molecular formula is C17H20Cl2N4. The summed E-state index contributed by atoms with van der Waals surface area (Å²) in [6, 6.07) is 11.5. The number of hydrogen-bond donors (Lipinski definition) is 2. The standard InChI is InChI=1S/C17H20Cl2N4/c1-2-20-17(23-12-14-5-3-4-6-15(14)18)21-10-9-13-7-8-16(19)22-11-13/h3-8,11H,2,9-10,12H2,1H3,(H2,20,21,23). The molecule has 23 heavy (non-hydrogen) atoms. The van der Waals surface area contributed by atoms with Crippen molar-refractivity contribution >= 4 is 29.2 Å². The van der Waals surface area contributed by atoms with Gasteiger partial charge in [-0.05, 0) is 36.6 Å². The third-order valence-corrected chi connectivity index (χ3v) is 3.80. The van der Waals surface area contributed by atoms with Crippen LogP contribution >= 0.6 is 23.2 Å². The predicted molar refractivity (Wildman–Crippen MR) is 97.2 cm³/mol. The van der Waals surface area contributed by atoms with E-state index in [0.717, 1.165) is 41.6 Å². The molecule has 0 spiro atoms. The van der Waals surface area contributed by atoms with E-state index in [4.69, 9.17) is 23.2 Å². The van der Waals surface area contributed by atoms with Gasteiger partial charge in [-0.3, -0.25) is 0 Å². The van der Waals surface area contributed by atoms with Gasteiger partial charge in [-0.25, -0.2) is 9.98 Å². The van der Waals surface area contributed by atoms with Crippen LogP contribution in [0.25, 0.3) is 0 Å². The molecule has 4 nitrogen and oxygen atoms in total. The summed E-state index contributed by atoms with van der Waals surface area (Å²) in [4.78, 5) is 8.64. The van der Waals surface area contributed by atoms with Crippen molar-refractivity contribution in [2.75, 3.05) is 13.1 Å². The maximum Gasteiger partial charge on any atom is 0.191 e. The van der Waals surface area contributed by atoms with E-state index in [1.165, 1.54) is 0 Å². The Morgan fingerprint density at radius 3 is 2.65 bits per heavy atom. The first-order valence-electron chi connectivity index (χ1n) is 7.55. The van der Waals surface area contributed by atoms with E-state index in [-0.39, 0.29) is 0 Å². The molecule has 0 aliphatic heterocycles. The molecule has 6 heteroatoms. The van der Waals surface area contributed by atoms with Crippen molar-refractivity contribution in [3.63, 3.8) is 0 Å². The van der Waals surface area contributed by atoms with Crippen molar-refractivity contribution in [1.82, 2.24) is 15.6 Å². The van der Waals surface area contributed by atoms with Crippen molar-refractivity contribution < 1.29 is 0 Å². The first-order valence-corrected chi connectivity index (χ1v) is 8.30. The van der Waals surface area contributed by atoms with E-state index >= 15 is 0 Å². The van der Waals surface area contributed by atoms with Crippen LogP contribution in [0.1, 0.15) is 18.1 Å². The van der Waals surface area contributed by atoms with Crippen molar-refractivity contribution in [2.24, 2.45) is 4.99 Å². The third-order valence-electron chi connectivity index (χ3n) is 3.20. The highest BCUT2D eigenvalue weighted by molar-refractivity contribution is 6.31. The zero-order valence-electron chi connectivity index (χ0n) is 13.0. The Balaban J connectivity index is 1.89. The fraction of sp³-hybridized carbons (Fsp3) is 0.294. The zero-order chi connectivity index (χ0) is 16.5. The Kier molecular flexibility index (Phi) is 7.17. The van der Waals surface area contributed by atoms with Gasteiger partial charge in [-0.15, -0.1) is 0 Å². The molecular weight excluding hydrogens is 331 g/mol. The number of aliphatic imine (C=N–C) groups is 1. The fourth-order valence-electron chi connectivity index (χ4n) is 2.01. The van der Waals surface area contributed by atoms with Gasteiger partial charge in [0, 0.05) is 24.3 Å². The van der Waals surface area contributed by atoms with E-state index in [2.05, 4.69) is 20.6 Å². The predicted octanol–water partition coefficient (Wildman–Crippen LogP) is 3.69.